The van der Waals surface area contributed by atoms with Crippen molar-refractivity contribution in [3.8, 4) is 0 Å². The molecule has 0 radical (unpaired) electrons. The highest BCUT2D eigenvalue weighted by Crippen LogP contribution is 2.01. The average molecular weight is 276 g/mol. The van der Waals surface area contributed by atoms with E-state index in [2.05, 4.69) is 5.32 Å². The molecule has 0 fully saturated rings. The number of aliphatic carboxylic acids is 3. The van der Waals surface area contributed by atoms with Crippen molar-refractivity contribution in [2.24, 2.45) is 5.73 Å². The van der Waals surface area contributed by atoms with E-state index in [1.165, 1.54) is 0 Å². The van der Waals surface area contributed by atoms with Crippen molar-refractivity contribution in [1.29, 1.82) is 0 Å². The number of carboxylic acids is 3. The Labute approximate surface area is 108 Å². The van der Waals surface area contributed by atoms with Crippen LogP contribution in [0, 0.1) is 0 Å². The Bertz CT molecular complexity index is 369. The molecule has 0 aliphatic carbocycles. The number of carbonyl (C=O) groups excluding carboxylic acids is 1. The number of amides is 1. The number of hydrogen-bond acceptors (Lipinski definition) is 5. The standard InChI is InChI=1S/C10H16N2O7/c11-5(1-3-7(13)14)9(17)12-6(10(18)19)2-4-8(15)16/h5-6H,1-4,11H2,(H,12,17)(H,13,14)(H,15,16)(H,18,19)/t5?,6-/m0/s1. The van der Waals surface area contributed by atoms with Crippen LogP contribution in [0.4, 0.5) is 0 Å². The van der Waals surface area contributed by atoms with Gasteiger partial charge >= 0.3 is 17.9 Å². The Kier molecular flexibility index (Phi) is 7.12. The number of nitrogens with one attached hydrogen (secondary N) is 1. The molecule has 19 heavy (non-hydrogen) atoms. The van der Waals surface area contributed by atoms with Crippen LogP contribution in [0.1, 0.15) is 25.7 Å². The summed E-state index contributed by atoms with van der Waals surface area (Å²) in [6.45, 7) is 0. The molecule has 1 amide bonds. The molecule has 108 valence electrons. The highest BCUT2D eigenvalue weighted by molar-refractivity contribution is 5.87. The van der Waals surface area contributed by atoms with E-state index in [0.29, 0.717) is 0 Å². The van der Waals surface area contributed by atoms with Gasteiger partial charge < -0.3 is 26.4 Å². The summed E-state index contributed by atoms with van der Waals surface area (Å²) < 4.78 is 0. The van der Waals surface area contributed by atoms with Crippen molar-refractivity contribution in [3.05, 3.63) is 0 Å². The van der Waals surface area contributed by atoms with E-state index in [-0.39, 0.29) is 19.3 Å². The average Bonchev–Trinajstić information content (AvgIpc) is 2.30. The van der Waals surface area contributed by atoms with E-state index in [4.69, 9.17) is 21.1 Å². The van der Waals surface area contributed by atoms with E-state index < -0.39 is 42.3 Å². The normalized spacial score (nSPS) is 13.3. The van der Waals surface area contributed by atoms with Crippen molar-refractivity contribution in [2.45, 2.75) is 37.8 Å². The molecule has 0 spiro atoms. The van der Waals surface area contributed by atoms with Gasteiger partial charge in [0.2, 0.25) is 5.91 Å². The van der Waals surface area contributed by atoms with Gasteiger partial charge in [0.25, 0.3) is 0 Å². The number of carbonyl (C=O) groups is 4. The zero-order valence-corrected chi connectivity index (χ0v) is 10.0. The Morgan fingerprint density at radius 3 is 1.84 bits per heavy atom. The smallest absolute Gasteiger partial charge is 0.326 e. The predicted molar refractivity (Wildman–Crippen MR) is 61.3 cm³/mol. The number of hydrogen-bond donors (Lipinski definition) is 5. The molecule has 0 bridgehead atoms. The zero-order valence-electron chi connectivity index (χ0n) is 10.0. The minimum absolute atomic E-state index is 0.133. The maximum absolute atomic E-state index is 11.5. The molecule has 0 heterocycles. The third-order valence-corrected chi connectivity index (χ3v) is 2.27. The maximum atomic E-state index is 11.5. The molecule has 0 aliphatic heterocycles. The van der Waals surface area contributed by atoms with Crippen molar-refractivity contribution in [3.63, 3.8) is 0 Å². The van der Waals surface area contributed by atoms with Crippen LogP contribution in [0.25, 0.3) is 0 Å². The number of nitrogens with two attached hydrogens (primary N) is 1. The third kappa shape index (κ3) is 7.71. The summed E-state index contributed by atoms with van der Waals surface area (Å²) in [4.78, 5) is 42.9. The lowest BCUT2D eigenvalue weighted by molar-refractivity contribution is -0.143. The molecule has 6 N–H and O–H groups in total. The molecule has 0 aliphatic rings. The topological polar surface area (TPSA) is 167 Å². The molecule has 0 saturated heterocycles. The number of rotatable bonds is 9. The van der Waals surface area contributed by atoms with Crippen LogP contribution in [0.2, 0.25) is 0 Å². The molecular formula is C10H16N2O7. The monoisotopic (exact) mass is 276 g/mol. The van der Waals surface area contributed by atoms with Crippen LogP contribution < -0.4 is 11.1 Å². The molecule has 0 aromatic heterocycles. The zero-order chi connectivity index (χ0) is 15.0. The lowest BCUT2D eigenvalue weighted by atomic mass is 10.1. The fraction of sp³-hybridized carbons (Fsp3) is 0.600. The quantitative estimate of drug-likeness (QED) is 0.343. The van der Waals surface area contributed by atoms with Crippen LogP contribution in [0.3, 0.4) is 0 Å². The van der Waals surface area contributed by atoms with Gasteiger partial charge in [0.1, 0.15) is 6.04 Å². The van der Waals surface area contributed by atoms with Gasteiger partial charge in [-0.05, 0) is 12.8 Å². The van der Waals surface area contributed by atoms with E-state index in [1.807, 2.05) is 0 Å². The molecule has 0 aromatic carbocycles. The van der Waals surface area contributed by atoms with Crippen LogP contribution in [0.5, 0.6) is 0 Å². The highest BCUT2D eigenvalue weighted by Gasteiger charge is 2.24. The first-order valence-electron chi connectivity index (χ1n) is 5.46. The second-order valence-corrected chi connectivity index (χ2v) is 3.87. The second-order valence-electron chi connectivity index (χ2n) is 3.87. The maximum Gasteiger partial charge on any atom is 0.326 e. The molecular weight excluding hydrogens is 260 g/mol. The van der Waals surface area contributed by atoms with Crippen LogP contribution in [-0.4, -0.2) is 51.2 Å². The third-order valence-electron chi connectivity index (χ3n) is 2.27. The number of carboxylic acid groups (broad SMARTS) is 3. The van der Waals surface area contributed by atoms with E-state index in [9.17, 15) is 19.2 Å². The van der Waals surface area contributed by atoms with E-state index in [0.717, 1.165) is 0 Å². The van der Waals surface area contributed by atoms with E-state index in [1.54, 1.807) is 0 Å². The summed E-state index contributed by atoms with van der Waals surface area (Å²) in [5.41, 5.74) is 5.39. The molecule has 1 unspecified atom stereocenters. The van der Waals surface area contributed by atoms with Crippen molar-refractivity contribution >= 4 is 23.8 Å². The van der Waals surface area contributed by atoms with Gasteiger partial charge in [-0.2, -0.15) is 0 Å². The Hall–Kier alpha value is -2.16. The molecule has 2 atom stereocenters. The Morgan fingerprint density at radius 2 is 1.42 bits per heavy atom. The highest BCUT2D eigenvalue weighted by atomic mass is 16.4. The summed E-state index contributed by atoms with van der Waals surface area (Å²) in [5, 5.41) is 27.7. The lowest BCUT2D eigenvalue weighted by Gasteiger charge is -2.16. The van der Waals surface area contributed by atoms with Crippen LogP contribution in [-0.2, 0) is 19.2 Å². The van der Waals surface area contributed by atoms with Gasteiger partial charge in [-0.1, -0.05) is 0 Å². The first-order chi connectivity index (χ1) is 8.73. The largest absolute Gasteiger partial charge is 0.481 e. The first kappa shape index (κ1) is 16.8. The van der Waals surface area contributed by atoms with Gasteiger partial charge in [0.05, 0.1) is 6.04 Å². The SMILES string of the molecule is NC(CCC(=O)O)C(=O)N[C@@H](CCC(=O)O)C(=O)O. The predicted octanol–water partition coefficient (Wildman–Crippen LogP) is -1.39. The van der Waals surface area contributed by atoms with Crippen molar-refractivity contribution in [1.82, 2.24) is 5.32 Å². The Balaban J connectivity index is 4.33. The summed E-state index contributed by atoms with van der Waals surface area (Å²) in [6.07, 6.45) is -1.14. The fourth-order valence-electron chi connectivity index (χ4n) is 1.21. The fourth-order valence-corrected chi connectivity index (χ4v) is 1.21. The van der Waals surface area contributed by atoms with Crippen molar-refractivity contribution in [2.75, 3.05) is 0 Å². The summed E-state index contributed by atoms with van der Waals surface area (Å²) >= 11 is 0. The first-order valence-corrected chi connectivity index (χ1v) is 5.46. The second kappa shape index (κ2) is 8.03. The minimum Gasteiger partial charge on any atom is -0.481 e. The molecule has 0 aromatic rings. The minimum atomic E-state index is -1.37. The molecule has 0 saturated carbocycles. The molecule has 9 heteroatoms. The summed E-state index contributed by atoms with van der Waals surface area (Å²) in [5.74, 6) is -4.50. The van der Waals surface area contributed by atoms with E-state index >= 15 is 0 Å². The van der Waals surface area contributed by atoms with Crippen LogP contribution >= 0.6 is 0 Å². The van der Waals surface area contributed by atoms with Crippen molar-refractivity contribution < 1.29 is 34.5 Å². The Morgan fingerprint density at radius 1 is 0.947 bits per heavy atom. The van der Waals surface area contributed by atoms with Gasteiger partial charge in [-0.25, -0.2) is 4.79 Å². The van der Waals surface area contributed by atoms with Gasteiger partial charge in [0, 0.05) is 12.8 Å². The van der Waals surface area contributed by atoms with Crippen LogP contribution in [0.15, 0.2) is 0 Å². The van der Waals surface area contributed by atoms with Gasteiger partial charge in [0.15, 0.2) is 0 Å². The van der Waals surface area contributed by atoms with Gasteiger partial charge in [-0.3, -0.25) is 14.4 Å². The summed E-state index contributed by atoms with van der Waals surface area (Å²) in [6, 6.07) is -2.51. The van der Waals surface area contributed by atoms with Gasteiger partial charge in [-0.15, -0.1) is 0 Å². The molecule has 9 nitrogen and oxygen atoms in total. The summed E-state index contributed by atoms with van der Waals surface area (Å²) in [7, 11) is 0. The lowest BCUT2D eigenvalue weighted by Crippen LogP contribution is -2.48. The molecule has 0 rings (SSSR count).